The third-order valence-electron chi connectivity index (χ3n) is 4.27. The van der Waals surface area contributed by atoms with Crippen LogP contribution in [-0.2, 0) is 4.79 Å². The van der Waals surface area contributed by atoms with E-state index in [0.717, 1.165) is 23.8 Å². The van der Waals surface area contributed by atoms with Crippen LogP contribution in [0.3, 0.4) is 0 Å². The van der Waals surface area contributed by atoms with Gasteiger partial charge in [-0.3, -0.25) is 4.79 Å². The molecule has 2 heterocycles. The number of benzene rings is 1. The van der Waals surface area contributed by atoms with Crippen LogP contribution in [0.15, 0.2) is 28.1 Å². The summed E-state index contributed by atoms with van der Waals surface area (Å²) in [7, 11) is 1.62. The average molecular weight is 360 g/mol. The molecule has 0 saturated carbocycles. The Morgan fingerprint density at radius 1 is 1.20 bits per heavy atom. The Morgan fingerprint density at radius 3 is 2.64 bits per heavy atom. The number of methoxy groups -OCH3 is 1. The van der Waals surface area contributed by atoms with Crippen molar-refractivity contribution in [3.63, 3.8) is 0 Å². The van der Waals surface area contributed by atoms with Gasteiger partial charge in [0, 0.05) is 13.1 Å². The molecule has 0 radical (unpaired) electrons. The number of ether oxygens (including phenoxy) is 2. The molecule has 0 aromatic heterocycles. The number of hydrogen-bond acceptors (Lipinski definition) is 5. The molecule has 1 fully saturated rings. The van der Waals surface area contributed by atoms with Gasteiger partial charge in [-0.25, -0.2) is 0 Å². The molecular weight excluding hydrogens is 336 g/mol. The van der Waals surface area contributed by atoms with Crippen molar-refractivity contribution in [3.05, 3.63) is 28.7 Å². The summed E-state index contributed by atoms with van der Waals surface area (Å²) < 4.78 is 10.9. The third-order valence-corrected chi connectivity index (χ3v) is 5.32. The van der Waals surface area contributed by atoms with Gasteiger partial charge in [0.05, 0.1) is 18.6 Å². The molecule has 0 bridgehead atoms. The number of likely N-dealkylation sites (tertiary alicyclic amines) is 1. The second-order valence-electron chi connectivity index (χ2n) is 6.05. The summed E-state index contributed by atoms with van der Waals surface area (Å²) >= 11 is 1.47. The Labute approximate surface area is 153 Å². The zero-order chi connectivity index (χ0) is 17.6. The fourth-order valence-corrected chi connectivity index (χ4v) is 3.96. The van der Waals surface area contributed by atoms with Crippen LogP contribution in [0.2, 0.25) is 0 Å². The first-order valence-electron chi connectivity index (χ1n) is 8.79. The summed E-state index contributed by atoms with van der Waals surface area (Å²) in [5, 5.41) is 0.844. The van der Waals surface area contributed by atoms with E-state index in [1.54, 1.807) is 7.11 Å². The van der Waals surface area contributed by atoms with Crippen molar-refractivity contribution in [2.24, 2.45) is 4.99 Å². The van der Waals surface area contributed by atoms with Gasteiger partial charge in [-0.15, -0.1) is 0 Å². The number of carbonyl (C=O) groups is 1. The number of nitrogens with zero attached hydrogens (tertiary/aromatic N) is 2. The van der Waals surface area contributed by atoms with Crippen LogP contribution < -0.4 is 9.47 Å². The molecular formula is C19H24N2O3S. The minimum Gasteiger partial charge on any atom is -0.493 e. The lowest BCUT2D eigenvalue weighted by molar-refractivity contribution is -0.113. The van der Waals surface area contributed by atoms with Crippen molar-refractivity contribution >= 4 is 28.9 Å². The predicted octanol–water partition coefficient (Wildman–Crippen LogP) is 3.94. The van der Waals surface area contributed by atoms with Gasteiger partial charge in [-0.1, -0.05) is 18.9 Å². The van der Waals surface area contributed by atoms with E-state index in [9.17, 15) is 4.79 Å². The standard InChI is InChI=1S/C19H24N2O3S/c1-3-24-15-9-8-14(12-16(15)23-2)13-17-18(22)20-19(25-17)21-10-6-4-5-7-11-21/h8-9,12-13H,3-7,10-11H2,1-2H3/b17-13-. The quantitative estimate of drug-likeness (QED) is 0.761. The lowest BCUT2D eigenvalue weighted by Crippen LogP contribution is -2.28. The summed E-state index contributed by atoms with van der Waals surface area (Å²) in [4.78, 5) is 19.4. The lowest BCUT2D eigenvalue weighted by atomic mass is 10.2. The summed E-state index contributed by atoms with van der Waals surface area (Å²) in [5.74, 6) is 1.22. The zero-order valence-corrected chi connectivity index (χ0v) is 15.6. The highest BCUT2D eigenvalue weighted by Gasteiger charge is 2.26. The number of amides is 1. The maximum Gasteiger partial charge on any atom is 0.286 e. The Morgan fingerprint density at radius 2 is 1.96 bits per heavy atom. The summed E-state index contributed by atoms with van der Waals surface area (Å²) in [6, 6.07) is 5.68. The van der Waals surface area contributed by atoms with Crippen LogP contribution in [0.4, 0.5) is 0 Å². The molecule has 0 N–H and O–H groups in total. The van der Waals surface area contributed by atoms with Crippen LogP contribution in [0, 0.1) is 0 Å². The Hall–Kier alpha value is -1.95. The Bertz CT molecular complexity index is 692. The molecule has 1 saturated heterocycles. The third kappa shape index (κ3) is 4.37. The monoisotopic (exact) mass is 360 g/mol. The fraction of sp³-hybridized carbons (Fsp3) is 0.474. The van der Waals surface area contributed by atoms with Gasteiger partial charge in [0.2, 0.25) is 0 Å². The normalized spacial score (nSPS) is 19.8. The molecule has 6 heteroatoms. The molecule has 1 amide bonds. The number of thioether (sulfide) groups is 1. The Kier molecular flexibility index (Phi) is 6.02. The van der Waals surface area contributed by atoms with Crippen molar-refractivity contribution < 1.29 is 14.3 Å². The molecule has 0 atom stereocenters. The highest BCUT2D eigenvalue weighted by molar-refractivity contribution is 8.18. The van der Waals surface area contributed by atoms with Crippen molar-refractivity contribution in [2.75, 3.05) is 26.8 Å². The Balaban J connectivity index is 1.75. The van der Waals surface area contributed by atoms with Gasteiger partial charge >= 0.3 is 0 Å². The predicted molar refractivity (Wildman–Crippen MR) is 102 cm³/mol. The van der Waals surface area contributed by atoms with E-state index < -0.39 is 0 Å². The van der Waals surface area contributed by atoms with Crippen LogP contribution in [0.25, 0.3) is 6.08 Å². The number of aliphatic imine (C=N–C) groups is 1. The van der Waals surface area contributed by atoms with Crippen LogP contribution in [0.1, 0.15) is 38.2 Å². The van der Waals surface area contributed by atoms with Gasteiger partial charge in [-0.05, 0) is 55.3 Å². The summed E-state index contributed by atoms with van der Waals surface area (Å²) in [5.41, 5.74) is 0.906. The van der Waals surface area contributed by atoms with Crippen molar-refractivity contribution in [2.45, 2.75) is 32.6 Å². The minimum atomic E-state index is -0.155. The topological polar surface area (TPSA) is 51.1 Å². The molecule has 2 aliphatic rings. The zero-order valence-electron chi connectivity index (χ0n) is 14.8. The lowest BCUT2D eigenvalue weighted by Gasteiger charge is -2.20. The molecule has 25 heavy (non-hydrogen) atoms. The number of carbonyl (C=O) groups excluding carboxylic acids is 1. The van der Waals surface area contributed by atoms with Crippen molar-refractivity contribution in [1.29, 1.82) is 0 Å². The molecule has 0 spiro atoms. The number of amidine groups is 1. The smallest absolute Gasteiger partial charge is 0.286 e. The van der Waals surface area contributed by atoms with E-state index in [1.165, 1.54) is 37.4 Å². The van der Waals surface area contributed by atoms with Crippen LogP contribution >= 0.6 is 11.8 Å². The maximum atomic E-state index is 12.3. The first kappa shape index (κ1) is 17.9. The van der Waals surface area contributed by atoms with Gasteiger partial charge in [-0.2, -0.15) is 4.99 Å². The van der Waals surface area contributed by atoms with Gasteiger partial charge in [0.1, 0.15) is 0 Å². The molecule has 3 rings (SSSR count). The molecule has 5 nitrogen and oxygen atoms in total. The molecule has 1 aromatic rings. The summed E-state index contributed by atoms with van der Waals surface area (Å²) in [6.45, 7) is 4.50. The molecule has 134 valence electrons. The maximum absolute atomic E-state index is 12.3. The molecule has 2 aliphatic heterocycles. The first-order valence-corrected chi connectivity index (χ1v) is 9.61. The second-order valence-corrected chi connectivity index (χ2v) is 7.06. The minimum absolute atomic E-state index is 0.155. The largest absolute Gasteiger partial charge is 0.493 e. The second kappa shape index (κ2) is 8.43. The van der Waals surface area contributed by atoms with E-state index in [1.807, 2.05) is 31.2 Å². The highest BCUT2D eigenvalue weighted by atomic mass is 32.2. The highest BCUT2D eigenvalue weighted by Crippen LogP contribution is 2.33. The van der Waals surface area contributed by atoms with Gasteiger partial charge in [0.15, 0.2) is 16.7 Å². The molecule has 0 unspecified atom stereocenters. The average Bonchev–Trinajstić information content (AvgIpc) is 2.83. The van der Waals surface area contributed by atoms with E-state index in [0.29, 0.717) is 23.0 Å². The summed E-state index contributed by atoms with van der Waals surface area (Å²) in [6.07, 6.45) is 6.74. The SMILES string of the molecule is CCOc1ccc(/C=C2\SC(N3CCCCCC3)=NC2=O)cc1OC. The first-order chi connectivity index (χ1) is 12.2. The van der Waals surface area contributed by atoms with E-state index in [2.05, 4.69) is 9.89 Å². The molecule has 1 aromatic carbocycles. The van der Waals surface area contributed by atoms with Crippen LogP contribution in [0.5, 0.6) is 11.5 Å². The van der Waals surface area contributed by atoms with E-state index in [-0.39, 0.29) is 5.91 Å². The van der Waals surface area contributed by atoms with Crippen molar-refractivity contribution in [3.8, 4) is 11.5 Å². The molecule has 0 aliphatic carbocycles. The van der Waals surface area contributed by atoms with E-state index in [4.69, 9.17) is 9.47 Å². The number of hydrogen-bond donors (Lipinski definition) is 0. The van der Waals surface area contributed by atoms with Gasteiger partial charge < -0.3 is 14.4 Å². The fourth-order valence-electron chi connectivity index (χ4n) is 3.00. The van der Waals surface area contributed by atoms with Crippen molar-refractivity contribution in [1.82, 2.24) is 4.90 Å². The number of rotatable bonds is 4. The van der Waals surface area contributed by atoms with E-state index >= 15 is 0 Å². The van der Waals surface area contributed by atoms with Crippen LogP contribution in [-0.4, -0.2) is 42.8 Å². The van der Waals surface area contributed by atoms with Gasteiger partial charge in [0.25, 0.3) is 5.91 Å².